The molecule has 102 valence electrons. The van der Waals surface area contributed by atoms with Crippen LogP contribution in [0.1, 0.15) is 38.1 Å². The summed E-state index contributed by atoms with van der Waals surface area (Å²) < 4.78 is 0. The summed E-state index contributed by atoms with van der Waals surface area (Å²) in [5.41, 5.74) is 1.83. The van der Waals surface area contributed by atoms with Crippen LogP contribution in [-0.2, 0) is 0 Å². The molecule has 0 saturated heterocycles. The van der Waals surface area contributed by atoms with Gasteiger partial charge in [0, 0.05) is 12.6 Å². The molecule has 5 heteroatoms. The molecule has 0 amide bonds. The van der Waals surface area contributed by atoms with Gasteiger partial charge >= 0.3 is 0 Å². The molecular formula is C13H25N5. The first-order valence-electron chi connectivity index (χ1n) is 6.62. The molecule has 0 radical (unpaired) electrons. The zero-order chi connectivity index (χ0) is 13.5. The van der Waals surface area contributed by atoms with Crippen molar-refractivity contribution in [2.75, 3.05) is 25.5 Å². The van der Waals surface area contributed by atoms with E-state index in [1.807, 2.05) is 13.8 Å². The van der Waals surface area contributed by atoms with Gasteiger partial charge in [0.1, 0.15) is 0 Å². The number of anilines is 1. The zero-order valence-electron chi connectivity index (χ0n) is 12.2. The highest BCUT2D eigenvalue weighted by Crippen LogP contribution is 2.03. The van der Waals surface area contributed by atoms with E-state index >= 15 is 0 Å². The van der Waals surface area contributed by atoms with Gasteiger partial charge in [-0.1, -0.05) is 0 Å². The number of rotatable bonds is 7. The van der Waals surface area contributed by atoms with Gasteiger partial charge in [-0.15, -0.1) is 5.10 Å². The normalized spacial score (nSPS) is 11.3. The zero-order valence-corrected chi connectivity index (χ0v) is 12.2. The van der Waals surface area contributed by atoms with Crippen molar-refractivity contribution >= 4 is 5.95 Å². The average molecular weight is 251 g/mol. The van der Waals surface area contributed by atoms with Crippen LogP contribution in [-0.4, -0.2) is 46.3 Å². The molecule has 0 saturated carbocycles. The van der Waals surface area contributed by atoms with E-state index < -0.39 is 0 Å². The molecule has 0 fully saturated rings. The van der Waals surface area contributed by atoms with Gasteiger partial charge < -0.3 is 10.2 Å². The summed E-state index contributed by atoms with van der Waals surface area (Å²) in [5.74, 6) is 0.635. The van der Waals surface area contributed by atoms with E-state index in [-0.39, 0.29) is 0 Å². The van der Waals surface area contributed by atoms with Crippen LogP contribution in [0.4, 0.5) is 5.95 Å². The van der Waals surface area contributed by atoms with Crippen molar-refractivity contribution in [3.63, 3.8) is 0 Å². The second-order valence-electron chi connectivity index (χ2n) is 5.01. The van der Waals surface area contributed by atoms with Crippen LogP contribution in [0, 0.1) is 13.8 Å². The van der Waals surface area contributed by atoms with Crippen molar-refractivity contribution in [2.45, 2.75) is 46.6 Å². The molecule has 0 unspecified atom stereocenters. The molecule has 0 atom stereocenters. The Bertz CT molecular complexity index is 364. The standard InChI is InChI=1S/C13H25N5/c1-10(2)18(5)9-7-6-8-14-13-15-11(3)12(4)16-17-13/h10H,6-9H2,1-5H3,(H,14,15,17). The number of nitrogens with zero attached hydrogens (tertiary/aromatic N) is 4. The van der Waals surface area contributed by atoms with Gasteiger partial charge in [-0.3, -0.25) is 0 Å². The summed E-state index contributed by atoms with van der Waals surface area (Å²) in [6.07, 6.45) is 2.30. The monoisotopic (exact) mass is 251 g/mol. The predicted molar refractivity (Wildman–Crippen MR) is 74.8 cm³/mol. The van der Waals surface area contributed by atoms with Gasteiger partial charge in [0.25, 0.3) is 0 Å². The smallest absolute Gasteiger partial charge is 0.242 e. The van der Waals surface area contributed by atoms with E-state index in [0.717, 1.165) is 30.9 Å². The number of unbranched alkanes of at least 4 members (excludes halogenated alkanes) is 1. The Labute approximate surface area is 110 Å². The molecule has 0 bridgehead atoms. The molecule has 1 rings (SSSR count). The first kappa shape index (κ1) is 14.8. The Morgan fingerprint density at radius 1 is 1.11 bits per heavy atom. The minimum Gasteiger partial charge on any atom is -0.353 e. The molecule has 1 N–H and O–H groups in total. The molecule has 0 aliphatic rings. The highest BCUT2D eigenvalue weighted by Gasteiger charge is 2.03. The maximum absolute atomic E-state index is 4.34. The van der Waals surface area contributed by atoms with Crippen molar-refractivity contribution in [1.82, 2.24) is 20.1 Å². The minimum atomic E-state index is 0.616. The van der Waals surface area contributed by atoms with Gasteiger partial charge in [0.2, 0.25) is 5.95 Å². The average Bonchev–Trinajstić information content (AvgIpc) is 2.32. The molecular weight excluding hydrogens is 226 g/mol. The third kappa shape index (κ3) is 4.96. The minimum absolute atomic E-state index is 0.616. The first-order chi connectivity index (χ1) is 8.50. The molecule has 1 heterocycles. The van der Waals surface area contributed by atoms with E-state index in [4.69, 9.17) is 0 Å². The Morgan fingerprint density at radius 3 is 2.44 bits per heavy atom. The molecule has 1 aromatic heterocycles. The number of hydrogen-bond acceptors (Lipinski definition) is 5. The van der Waals surface area contributed by atoms with Gasteiger partial charge in [-0.2, -0.15) is 5.10 Å². The van der Waals surface area contributed by atoms with E-state index in [9.17, 15) is 0 Å². The van der Waals surface area contributed by atoms with Crippen LogP contribution >= 0.6 is 0 Å². The van der Waals surface area contributed by atoms with Gasteiger partial charge in [-0.25, -0.2) is 4.98 Å². The summed E-state index contributed by atoms with van der Waals surface area (Å²) >= 11 is 0. The highest BCUT2D eigenvalue weighted by atomic mass is 15.2. The molecule has 0 spiro atoms. The molecule has 18 heavy (non-hydrogen) atoms. The van der Waals surface area contributed by atoms with Crippen LogP contribution in [0.3, 0.4) is 0 Å². The highest BCUT2D eigenvalue weighted by molar-refractivity contribution is 5.24. The Morgan fingerprint density at radius 2 is 1.83 bits per heavy atom. The summed E-state index contributed by atoms with van der Waals surface area (Å²) in [6, 6.07) is 0.616. The molecule has 0 aliphatic heterocycles. The second-order valence-corrected chi connectivity index (χ2v) is 5.01. The Hall–Kier alpha value is -1.23. The summed E-state index contributed by atoms with van der Waals surface area (Å²) in [4.78, 5) is 6.69. The van der Waals surface area contributed by atoms with Crippen molar-refractivity contribution in [2.24, 2.45) is 0 Å². The number of hydrogen-bond donors (Lipinski definition) is 1. The van der Waals surface area contributed by atoms with Crippen molar-refractivity contribution in [3.8, 4) is 0 Å². The molecule has 0 aromatic carbocycles. The van der Waals surface area contributed by atoms with Crippen molar-refractivity contribution < 1.29 is 0 Å². The lowest BCUT2D eigenvalue weighted by Crippen LogP contribution is -2.27. The number of aromatic nitrogens is 3. The van der Waals surface area contributed by atoms with Crippen molar-refractivity contribution in [1.29, 1.82) is 0 Å². The summed E-state index contributed by atoms with van der Waals surface area (Å²) in [6.45, 7) is 10.3. The Kier molecular flexibility index (Phi) is 5.98. The molecule has 5 nitrogen and oxygen atoms in total. The van der Waals surface area contributed by atoms with Gasteiger partial charge in [0.15, 0.2) is 0 Å². The van der Waals surface area contributed by atoms with Crippen LogP contribution in [0.15, 0.2) is 0 Å². The predicted octanol–water partition coefficient (Wildman–Crippen LogP) is 2.02. The SMILES string of the molecule is Cc1nnc(NCCCCN(C)C(C)C)nc1C. The van der Waals surface area contributed by atoms with Crippen LogP contribution in [0.5, 0.6) is 0 Å². The topological polar surface area (TPSA) is 53.9 Å². The van der Waals surface area contributed by atoms with Gasteiger partial charge in [-0.05, 0) is 54.1 Å². The second kappa shape index (κ2) is 7.26. The van der Waals surface area contributed by atoms with Crippen LogP contribution in [0.2, 0.25) is 0 Å². The third-order valence-corrected chi connectivity index (χ3v) is 3.19. The maximum atomic E-state index is 4.34. The van der Waals surface area contributed by atoms with Crippen molar-refractivity contribution in [3.05, 3.63) is 11.4 Å². The first-order valence-corrected chi connectivity index (χ1v) is 6.62. The lowest BCUT2D eigenvalue weighted by Gasteiger charge is -2.20. The Balaban J connectivity index is 2.20. The summed E-state index contributed by atoms with van der Waals surface area (Å²) in [5, 5.41) is 11.3. The fraction of sp³-hybridized carbons (Fsp3) is 0.769. The molecule has 1 aromatic rings. The maximum Gasteiger partial charge on any atom is 0.242 e. The van der Waals surface area contributed by atoms with Crippen LogP contribution < -0.4 is 5.32 Å². The van der Waals surface area contributed by atoms with E-state index in [2.05, 4.69) is 46.3 Å². The van der Waals surface area contributed by atoms with Crippen LogP contribution in [0.25, 0.3) is 0 Å². The lowest BCUT2D eigenvalue weighted by molar-refractivity contribution is 0.269. The lowest BCUT2D eigenvalue weighted by atomic mass is 10.2. The molecule has 0 aliphatic carbocycles. The van der Waals surface area contributed by atoms with E-state index in [0.29, 0.717) is 12.0 Å². The number of nitrogens with one attached hydrogen (secondary N) is 1. The van der Waals surface area contributed by atoms with Gasteiger partial charge in [0.05, 0.1) is 11.4 Å². The van der Waals surface area contributed by atoms with E-state index in [1.54, 1.807) is 0 Å². The number of aryl methyl sites for hydroxylation is 2. The fourth-order valence-corrected chi connectivity index (χ4v) is 1.48. The van der Waals surface area contributed by atoms with E-state index in [1.165, 1.54) is 6.42 Å². The summed E-state index contributed by atoms with van der Waals surface area (Å²) in [7, 11) is 2.16. The third-order valence-electron chi connectivity index (χ3n) is 3.19. The largest absolute Gasteiger partial charge is 0.353 e. The quantitative estimate of drug-likeness (QED) is 0.751. The fourth-order valence-electron chi connectivity index (χ4n) is 1.48.